The fourth-order valence-electron chi connectivity index (χ4n) is 3.09. The first kappa shape index (κ1) is 12.9. The van der Waals surface area contributed by atoms with Gasteiger partial charge in [0.05, 0.1) is 0 Å². The monoisotopic (exact) mass is 283 g/mol. The quantitative estimate of drug-likeness (QED) is 0.601. The molecule has 1 heterocycles. The fourth-order valence-corrected chi connectivity index (χ4v) is 3.09. The molecule has 4 rings (SSSR count). The van der Waals surface area contributed by atoms with Crippen molar-refractivity contribution in [2.75, 3.05) is 4.90 Å². The average molecular weight is 283 g/mol. The van der Waals surface area contributed by atoms with Gasteiger partial charge in [0.25, 0.3) is 0 Å². The number of benzene rings is 3. The van der Waals surface area contributed by atoms with Gasteiger partial charge in [-0.15, -0.1) is 0 Å². The van der Waals surface area contributed by atoms with Crippen LogP contribution in [0.3, 0.4) is 0 Å². The Morgan fingerprint density at radius 1 is 0.636 bits per heavy atom. The van der Waals surface area contributed by atoms with Gasteiger partial charge in [-0.2, -0.15) is 0 Å². The SMILES string of the molecule is C1=CN(c2ccccc2)c2ccccc2C1c1ccccc1. The molecule has 1 heteroatoms. The molecule has 106 valence electrons. The van der Waals surface area contributed by atoms with E-state index in [-0.39, 0.29) is 0 Å². The summed E-state index contributed by atoms with van der Waals surface area (Å²) in [6.07, 6.45) is 4.47. The number of rotatable bonds is 2. The van der Waals surface area contributed by atoms with Gasteiger partial charge in [0.1, 0.15) is 0 Å². The first-order chi connectivity index (χ1) is 10.9. The van der Waals surface area contributed by atoms with Crippen molar-refractivity contribution in [1.82, 2.24) is 0 Å². The number of allylic oxidation sites excluding steroid dienone is 1. The molecule has 3 aromatic rings. The van der Waals surface area contributed by atoms with E-state index >= 15 is 0 Å². The molecule has 1 unspecified atom stereocenters. The highest BCUT2D eigenvalue weighted by molar-refractivity contribution is 5.73. The smallest absolute Gasteiger partial charge is 0.0496 e. The molecule has 0 aromatic heterocycles. The summed E-state index contributed by atoms with van der Waals surface area (Å²) in [5, 5.41) is 0. The van der Waals surface area contributed by atoms with Crippen LogP contribution in [0.15, 0.2) is 97.2 Å². The van der Waals surface area contributed by atoms with Crippen molar-refractivity contribution in [1.29, 1.82) is 0 Å². The first-order valence-electron chi connectivity index (χ1n) is 7.60. The summed E-state index contributed by atoms with van der Waals surface area (Å²) in [6.45, 7) is 0. The largest absolute Gasteiger partial charge is 0.317 e. The Morgan fingerprint density at radius 3 is 2.05 bits per heavy atom. The molecule has 0 fully saturated rings. The van der Waals surface area contributed by atoms with Crippen LogP contribution in [0.5, 0.6) is 0 Å². The second-order valence-corrected chi connectivity index (χ2v) is 5.49. The third-order valence-electron chi connectivity index (χ3n) is 4.15. The van der Waals surface area contributed by atoms with Crippen molar-refractivity contribution in [3.63, 3.8) is 0 Å². The molecule has 3 aromatic carbocycles. The molecular weight excluding hydrogens is 266 g/mol. The second-order valence-electron chi connectivity index (χ2n) is 5.49. The van der Waals surface area contributed by atoms with Gasteiger partial charge in [0.2, 0.25) is 0 Å². The molecule has 0 aliphatic carbocycles. The lowest BCUT2D eigenvalue weighted by Gasteiger charge is -2.31. The Kier molecular flexibility index (Phi) is 3.24. The molecule has 1 nitrogen and oxygen atoms in total. The van der Waals surface area contributed by atoms with E-state index in [0.717, 1.165) is 0 Å². The highest BCUT2D eigenvalue weighted by atomic mass is 15.1. The Balaban J connectivity index is 1.82. The summed E-state index contributed by atoms with van der Waals surface area (Å²) >= 11 is 0. The summed E-state index contributed by atoms with van der Waals surface area (Å²) in [7, 11) is 0. The highest BCUT2D eigenvalue weighted by Crippen LogP contribution is 2.40. The maximum atomic E-state index is 2.28. The van der Waals surface area contributed by atoms with Crippen molar-refractivity contribution >= 4 is 11.4 Å². The molecule has 1 atom stereocenters. The van der Waals surface area contributed by atoms with Crippen LogP contribution in [0.2, 0.25) is 0 Å². The van der Waals surface area contributed by atoms with E-state index in [1.165, 1.54) is 22.5 Å². The van der Waals surface area contributed by atoms with E-state index in [2.05, 4.69) is 102 Å². The maximum Gasteiger partial charge on any atom is 0.0496 e. The van der Waals surface area contributed by atoms with Crippen LogP contribution in [-0.2, 0) is 0 Å². The van der Waals surface area contributed by atoms with E-state index < -0.39 is 0 Å². The third kappa shape index (κ3) is 2.21. The molecule has 0 spiro atoms. The summed E-state index contributed by atoms with van der Waals surface area (Å²) < 4.78 is 0. The van der Waals surface area contributed by atoms with Crippen LogP contribution in [0.1, 0.15) is 17.0 Å². The van der Waals surface area contributed by atoms with Gasteiger partial charge in [-0.05, 0) is 29.3 Å². The summed E-state index contributed by atoms with van der Waals surface area (Å²) in [6, 6.07) is 29.8. The minimum Gasteiger partial charge on any atom is -0.317 e. The minimum atomic E-state index is 0.317. The van der Waals surface area contributed by atoms with Gasteiger partial charge in [0.15, 0.2) is 0 Å². The van der Waals surface area contributed by atoms with Gasteiger partial charge in [-0.25, -0.2) is 0 Å². The summed E-state index contributed by atoms with van der Waals surface area (Å²) in [4.78, 5) is 2.26. The summed E-state index contributed by atoms with van der Waals surface area (Å²) in [5.41, 5.74) is 5.13. The fraction of sp³-hybridized carbons (Fsp3) is 0.0476. The number of fused-ring (bicyclic) bond motifs is 1. The molecule has 0 amide bonds. The molecule has 0 saturated carbocycles. The molecule has 1 aliphatic heterocycles. The van der Waals surface area contributed by atoms with Crippen LogP contribution in [0, 0.1) is 0 Å². The lowest BCUT2D eigenvalue weighted by atomic mass is 9.88. The zero-order valence-corrected chi connectivity index (χ0v) is 12.3. The van der Waals surface area contributed by atoms with Gasteiger partial charge in [0, 0.05) is 23.5 Å². The molecule has 0 bridgehead atoms. The number of hydrogen-bond acceptors (Lipinski definition) is 1. The maximum absolute atomic E-state index is 2.28. The van der Waals surface area contributed by atoms with Crippen LogP contribution < -0.4 is 4.90 Å². The van der Waals surface area contributed by atoms with E-state index in [9.17, 15) is 0 Å². The zero-order chi connectivity index (χ0) is 14.8. The van der Waals surface area contributed by atoms with E-state index in [0.29, 0.717) is 5.92 Å². The molecular formula is C21H17N. The predicted octanol–water partition coefficient (Wildman–Crippen LogP) is 5.48. The lowest BCUT2D eigenvalue weighted by molar-refractivity contribution is 0.980. The molecule has 0 radical (unpaired) electrons. The van der Waals surface area contributed by atoms with Crippen LogP contribution in [0.4, 0.5) is 11.4 Å². The van der Waals surface area contributed by atoms with E-state index in [4.69, 9.17) is 0 Å². The van der Waals surface area contributed by atoms with Crippen molar-refractivity contribution < 1.29 is 0 Å². The van der Waals surface area contributed by atoms with Crippen molar-refractivity contribution in [2.45, 2.75) is 5.92 Å². The van der Waals surface area contributed by atoms with Crippen LogP contribution in [0.25, 0.3) is 0 Å². The Bertz CT molecular complexity index is 722. The van der Waals surface area contributed by atoms with E-state index in [1.807, 2.05) is 0 Å². The molecule has 22 heavy (non-hydrogen) atoms. The van der Waals surface area contributed by atoms with Gasteiger partial charge < -0.3 is 4.90 Å². The number of para-hydroxylation sites is 2. The molecule has 1 aliphatic rings. The standard InChI is InChI=1S/C21H17N/c1-3-9-17(10-4-1)19-15-16-22(18-11-5-2-6-12-18)21-14-8-7-13-20(19)21/h1-16,19H. The van der Waals surface area contributed by atoms with Gasteiger partial charge >= 0.3 is 0 Å². The summed E-state index contributed by atoms with van der Waals surface area (Å²) in [5.74, 6) is 0.317. The Labute approximate surface area is 131 Å². The van der Waals surface area contributed by atoms with Crippen molar-refractivity contribution in [3.05, 3.63) is 108 Å². The first-order valence-corrected chi connectivity index (χ1v) is 7.60. The van der Waals surface area contributed by atoms with E-state index in [1.54, 1.807) is 0 Å². The molecule has 0 N–H and O–H groups in total. The lowest BCUT2D eigenvalue weighted by Crippen LogP contribution is -2.17. The van der Waals surface area contributed by atoms with Gasteiger partial charge in [-0.3, -0.25) is 0 Å². The van der Waals surface area contributed by atoms with Crippen LogP contribution >= 0.6 is 0 Å². The van der Waals surface area contributed by atoms with Gasteiger partial charge in [-0.1, -0.05) is 72.8 Å². The predicted molar refractivity (Wildman–Crippen MR) is 92.4 cm³/mol. The van der Waals surface area contributed by atoms with Crippen molar-refractivity contribution in [3.8, 4) is 0 Å². The number of nitrogens with zero attached hydrogens (tertiary/aromatic N) is 1. The second kappa shape index (κ2) is 5.53. The third-order valence-corrected chi connectivity index (χ3v) is 4.15. The van der Waals surface area contributed by atoms with Crippen molar-refractivity contribution in [2.24, 2.45) is 0 Å². The topological polar surface area (TPSA) is 3.24 Å². The Morgan fingerprint density at radius 2 is 1.27 bits per heavy atom. The Hall–Kier alpha value is -2.80. The normalized spacial score (nSPS) is 16.4. The zero-order valence-electron chi connectivity index (χ0n) is 12.3. The minimum absolute atomic E-state index is 0.317. The average Bonchev–Trinajstić information content (AvgIpc) is 2.62. The molecule has 0 saturated heterocycles. The number of hydrogen-bond donors (Lipinski definition) is 0. The van der Waals surface area contributed by atoms with Crippen LogP contribution in [-0.4, -0.2) is 0 Å². The highest BCUT2D eigenvalue weighted by Gasteiger charge is 2.22. The number of anilines is 2.